The Morgan fingerprint density at radius 1 is 1.26 bits per heavy atom. The molecule has 1 aromatic rings. The van der Waals surface area contributed by atoms with Crippen LogP contribution in [0.25, 0.3) is 0 Å². The van der Waals surface area contributed by atoms with E-state index in [2.05, 4.69) is 24.5 Å². The molecule has 0 bridgehead atoms. The maximum Gasteiger partial charge on any atom is 0.319 e. The van der Waals surface area contributed by atoms with Gasteiger partial charge in [-0.2, -0.15) is 0 Å². The number of benzene rings is 1. The third-order valence-corrected chi connectivity index (χ3v) is 3.20. The van der Waals surface area contributed by atoms with Crippen LogP contribution >= 0.6 is 0 Å². The summed E-state index contributed by atoms with van der Waals surface area (Å²) in [5.74, 6) is 0.218. The number of halogens is 1. The smallest absolute Gasteiger partial charge is 0.319 e. The highest BCUT2D eigenvalue weighted by atomic mass is 19.1. The summed E-state index contributed by atoms with van der Waals surface area (Å²) in [6, 6.07) is 5.51. The summed E-state index contributed by atoms with van der Waals surface area (Å²) < 4.78 is 12.7. The Kier molecular flexibility index (Phi) is 6.93. The average Bonchev–Trinajstić information content (AvgIpc) is 2.42. The van der Waals surface area contributed by atoms with Gasteiger partial charge in [0.2, 0.25) is 0 Å². The second-order valence-electron chi connectivity index (χ2n) is 4.76. The van der Waals surface area contributed by atoms with Crippen molar-refractivity contribution in [2.45, 2.75) is 39.5 Å². The molecule has 0 heterocycles. The fraction of sp³-hybridized carbons (Fsp3) is 0.533. The highest BCUT2D eigenvalue weighted by Crippen LogP contribution is 2.11. The molecule has 0 aliphatic carbocycles. The molecular weight excluding hydrogens is 243 g/mol. The number of hydrogen-bond acceptors (Lipinski definition) is 1. The molecule has 0 fully saturated rings. The molecular formula is C15H23FN2O. The highest BCUT2D eigenvalue weighted by molar-refractivity contribution is 5.89. The van der Waals surface area contributed by atoms with Gasteiger partial charge in [-0.1, -0.05) is 33.1 Å². The van der Waals surface area contributed by atoms with Crippen molar-refractivity contribution in [2.75, 3.05) is 11.9 Å². The van der Waals surface area contributed by atoms with Gasteiger partial charge in [-0.25, -0.2) is 9.18 Å². The quantitative estimate of drug-likeness (QED) is 0.764. The fourth-order valence-electron chi connectivity index (χ4n) is 1.89. The molecule has 1 unspecified atom stereocenters. The lowest BCUT2D eigenvalue weighted by molar-refractivity contribution is 0.249. The Labute approximate surface area is 114 Å². The van der Waals surface area contributed by atoms with Crippen molar-refractivity contribution in [3.05, 3.63) is 30.1 Å². The SMILES string of the molecule is CCCCC(CC)CNC(=O)Nc1ccc(F)cc1. The van der Waals surface area contributed by atoms with Gasteiger partial charge in [0.05, 0.1) is 0 Å². The van der Waals surface area contributed by atoms with E-state index in [9.17, 15) is 9.18 Å². The van der Waals surface area contributed by atoms with Crippen LogP contribution in [-0.4, -0.2) is 12.6 Å². The van der Waals surface area contributed by atoms with E-state index in [0.29, 0.717) is 18.2 Å². The first-order valence-electron chi connectivity index (χ1n) is 6.96. The largest absolute Gasteiger partial charge is 0.338 e. The minimum Gasteiger partial charge on any atom is -0.338 e. The zero-order valence-electron chi connectivity index (χ0n) is 11.7. The van der Waals surface area contributed by atoms with Gasteiger partial charge < -0.3 is 10.6 Å². The van der Waals surface area contributed by atoms with Crippen LogP contribution in [0.4, 0.5) is 14.9 Å². The zero-order chi connectivity index (χ0) is 14.1. The van der Waals surface area contributed by atoms with E-state index < -0.39 is 0 Å². The molecule has 0 saturated heterocycles. The van der Waals surface area contributed by atoms with Crippen molar-refractivity contribution in [3.8, 4) is 0 Å². The van der Waals surface area contributed by atoms with E-state index >= 15 is 0 Å². The Hall–Kier alpha value is -1.58. The van der Waals surface area contributed by atoms with Crippen LogP contribution in [0.2, 0.25) is 0 Å². The summed E-state index contributed by atoms with van der Waals surface area (Å²) in [5.41, 5.74) is 0.598. The summed E-state index contributed by atoms with van der Waals surface area (Å²) in [6.07, 6.45) is 4.58. The Bertz CT molecular complexity index is 378. The van der Waals surface area contributed by atoms with Crippen LogP contribution in [0.3, 0.4) is 0 Å². The molecule has 0 radical (unpaired) electrons. The number of carbonyl (C=O) groups excluding carboxylic acids is 1. The van der Waals surface area contributed by atoms with E-state index in [-0.39, 0.29) is 11.8 Å². The van der Waals surface area contributed by atoms with Gasteiger partial charge in [-0.05, 0) is 36.6 Å². The number of nitrogens with one attached hydrogen (secondary N) is 2. The van der Waals surface area contributed by atoms with Gasteiger partial charge in [0.1, 0.15) is 5.82 Å². The Balaban J connectivity index is 2.32. The molecule has 19 heavy (non-hydrogen) atoms. The highest BCUT2D eigenvalue weighted by Gasteiger charge is 2.08. The standard InChI is InChI=1S/C15H23FN2O/c1-3-5-6-12(4-2)11-17-15(19)18-14-9-7-13(16)8-10-14/h7-10,12H,3-6,11H2,1-2H3,(H2,17,18,19). The van der Waals surface area contributed by atoms with E-state index in [1.807, 2.05) is 0 Å². The molecule has 4 heteroatoms. The molecule has 0 spiro atoms. The second-order valence-corrected chi connectivity index (χ2v) is 4.76. The van der Waals surface area contributed by atoms with E-state index in [1.54, 1.807) is 12.1 Å². The zero-order valence-corrected chi connectivity index (χ0v) is 11.7. The van der Waals surface area contributed by atoms with Crippen molar-refractivity contribution in [2.24, 2.45) is 5.92 Å². The van der Waals surface area contributed by atoms with Crippen molar-refractivity contribution in [1.29, 1.82) is 0 Å². The number of carbonyl (C=O) groups is 1. The van der Waals surface area contributed by atoms with E-state index in [4.69, 9.17) is 0 Å². The first-order chi connectivity index (χ1) is 9.15. The minimum atomic E-state index is -0.309. The van der Waals surface area contributed by atoms with Gasteiger partial charge in [-0.3, -0.25) is 0 Å². The normalized spacial score (nSPS) is 11.9. The predicted octanol–water partition coefficient (Wildman–Crippen LogP) is 4.16. The van der Waals surface area contributed by atoms with Crippen molar-refractivity contribution in [3.63, 3.8) is 0 Å². The Morgan fingerprint density at radius 3 is 2.53 bits per heavy atom. The molecule has 2 amide bonds. The number of amides is 2. The molecule has 0 saturated carbocycles. The Morgan fingerprint density at radius 2 is 1.95 bits per heavy atom. The van der Waals surface area contributed by atoms with Gasteiger partial charge in [-0.15, -0.1) is 0 Å². The maximum absolute atomic E-state index is 12.7. The predicted molar refractivity (Wildman–Crippen MR) is 76.7 cm³/mol. The third-order valence-electron chi connectivity index (χ3n) is 3.20. The molecule has 1 aromatic carbocycles. The fourth-order valence-corrected chi connectivity index (χ4v) is 1.89. The van der Waals surface area contributed by atoms with E-state index in [0.717, 1.165) is 12.8 Å². The molecule has 0 aromatic heterocycles. The van der Waals surface area contributed by atoms with Gasteiger partial charge >= 0.3 is 6.03 Å². The number of urea groups is 1. The number of rotatable bonds is 7. The summed E-state index contributed by atoms with van der Waals surface area (Å²) in [4.78, 5) is 11.7. The van der Waals surface area contributed by atoms with Crippen LogP contribution in [0.15, 0.2) is 24.3 Å². The topological polar surface area (TPSA) is 41.1 Å². The van der Waals surface area contributed by atoms with Crippen molar-refractivity contribution in [1.82, 2.24) is 5.32 Å². The van der Waals surface area contributed by atoms with Crippen molar-refractivity contribution < 1.29 is 9.18 Å². The van der Waals surface area contributed by atoms with Crippen LogP contribution < -0.4 is 10.6 Å². The molecule has 2 N–H and O–H groups in total. The first kappa shape index (κ1) is 15.5. The van der Waals surface area contributed by atoms with Gasteiger partial charge in [0, 0.05) is 12.2 Å². The van der Waals surface area contributed by atoms with E-state index in [1.165, 1.54) is 25.0 Å². The average molecular weight is 266 g/mol. The summed E-state index contributed by atoms with van der Waals surface area (Å²) in [7, 11) is 0. The molecule has 0 aliphatic heterocycles. The summed E-state index contributed by atoms with van der Waals surface area (Å²) in [5, 5.41) is 5.55. The molecule has 0 aliphatic rings. The minimum absolute atomic E-state index is 0.235. The number of unbranched alkanes of at least 4 members (excludes halogenated alkanes) is 1. The molecule has 1 rings (SSSR count). The second kappa shape index (κ2) is 8.51. The summed E-state index contributed by atoms with van der Waals surface area (Å²) in [6.45, 7) is 4.99. The number of anilines is 1. The lowest BCUT2D eigenvalue weighted by atomic mass is 9.99. The van der Waals surface area contributed by atoms with Crippen LogP contribution in [0.5, 0.6) is 0 Å². The summed E-state index contributed by atoms with van der Waals surface area (Å²) >= 11 is 0. The molecule has 1 atom stereocenters. The number of hydrogen-bond donors (Lipinski definition) is 2. The monoisotopic (exact) mass is 266 g/mol. The van der Waals surface area contributed by atoms with Crippen LogP contribution in [0.1, 0.15) is 39.5 Å². The maximum atomic E-state index is 12.7. The van der Waals surface area contributed by atoms with Crippen LogP contribution in [0, 0.1) is 11.7 Å². The lowest BCUT2D eigenvalue weighted by Gasteiger charge is -2.15. The third kappa shape index (κ3) is 6.22. The van der Waals surface area contributed by atoms with Gasteiger partial charge in [0.15, 0.2) is 0 Å². The molecule has 106 valence electrons. The lowest BCUT2D eigenvalue weighted by Crippen LogP contribution is -2.33. The molecule has 3 nitrogen and oxygen atoms in total. The van der Waals surface area contributed by atoms with Crippen molar-refractivity contribution >= 4 is 11.7 Å². The van der Waals surface area contributed by atoms with Crippen LogP contribution in [-0.2, 0) is 0 Å². The first-order valence-corrected chi connectivity index (χ1v) is 6.96. The van der Waals surface area contributed by atoms with Gasteiger partial charge in [0.25, 0.3) is 0 Å².